The Morgan fingerprint density at radius 1 is 1.00 bits per heavy atom. The highest BCUT2D eigenvalue weighted by atomic mass is 16.2. The van der Waals surface area contributed by atoms with E-state index in [1.54, 1.807) is 5.01 Å². The van der Waals surface area contributed by atoms with Crippen LogP contribution in [0.15, 0.2) is 58.9 Å². The highest BCUT2D eigenvalue weighted by molar-refractivity contribution is 6.25. The number of nitrogens with zero attached hydrogens (tertiary/aromatic N) is 4. The van der Waals surface area contributed by atoms with E-state index in [1.165, 1.54) is 4.90 Å². The molecule has 2 amide bonds. The lowest BCUT2D eigenvalue weighted by molar-refractivity contribution is -0.123. The van der Waals surface area contributed by atoms with Crippen molar-refractivity contribution in [2.45, 2.75) is 38.9 Å². The summed E-state index contributed by atoms with van der Waals surface area (Å²) in [5.41, 5.74) is 3.93. The number of hydrogen-bond acceptors (Lipinski definition) is 5. The molecule has 0 N–H and O–H groups in total. The second-order valence-corrected chi connectivity index (χ2v) is 6.71. The van der Waals surface area contributed by atoms with Crippen molar-refractivity contribution in [3.05, 3.63) is 65.2 Å². The van der Waals surface area contributed by atoms with Crippen molar-refractivity contribution >= 4 is 17.5 Å². The van der Waals surface area contributed by atoms with Crippen LogP contribution in [0.3, 0.4) is 0 Å². The minimum Gasteiger partial charge on any atom is -0.271 e. The van der Waals surface area contributed by atoms with Gasteiger partial charge in [0.25, 0.3) is 11.8 Å². The number of benzene rings is 2. The molecule has 1 saturated heterocycles. The second kappa shape index (κ2) is 6.37. The maximum atomic E-state index is 13.0. The fourth-order valence-corrected chi connectivity index (χ4v) is 3.49. The van der Waals surface area contributed by atoms with Gasteiger partial charge in [0, 0.05) is 0 Å². The fraction of sp³-hybridized carbons (Fsp3) is 0.300. The zero-order valence-electron chi connectivity index (χ0n) is 14.8. The number of anilines is 1. The van der Waals surface area contributed by atoms with Crippen LogP contribution in [0.2, 0.25) is 0 Å². The van der Waals surface area contributed by atoms with Crippen molar-refractivity contribution in [2.75, 3.05) is 4.90 Å². The molecule has 2 aromatic carbocycles. The summed E-state index contributed by atoms with van der Waals surface area (Å²) in [6.45, 7) is 4.53. The summed E-state index contributed by atoms with van der Waals surface area (Å²) in [6, 6.07) is 14.1. The lowest BCUT2D eigenvalue weighted by atomic mass is 10.1. The molecule has 0 radical (unpaired) electrons. The van der Waals surface area contributed by atoms with Crippen LogP contribution < -0.4 is 4.90 Å². The van der Waals surface area contributed by atoms with Gasteiger partial charge < -0.3 is 0 Å². The van der Waals surface area contributed by atoms with Crippen LogP contribution in [0.25, 0.3) is 0 Å². The largest absolute Gasteiger partial charge is 0.271 e. The van der Waals surface area contributed by atoms with E-state index < -0.39 is 12.1 Å². The van der Waals surface area contributed by atoms with Crippen molar-refractivity contribution in [3.8, 4) is 0 Å². The molecule has 0 spiro atoms. The van der Waals surface area contributed by atoms with E-state index in [4.69, 9.17) is 0 Å². The number of imide groups is 1. The van der Waals surface area contributed by atoms with Crippen LogP contribution in [0.5, 0.6) is 0 Å². The fourth-order valence-electron chi connectivity index (χ4n) is 3.49. The maximum Gasteiger partial charge on any atom is 0.263 e. The number of rotatable bonds is 4. The van der Waals surface area contributed by atoms with E-state index in [0.29, 0.717) is 12.2 Å². The van der Waals surface area contributed by atoms with Crippen molar-refractivity contribution in [1.29, 1.82) is 0 Å². The summed E-state index contributed by atoms with van der Waals surface area (Å²) in [5, 5.41) is 9.79. The monoisotopic (exact) mass is 348 g/mol. The normalized spacial score (nSPS) is 21.6. The van der Waals surface area contributed by atoms with Crippen LogP contribution in [0.4, 0.5) is 5.69 Å². The summed E-state index contributed by atoms with van der Waals surface area (Å²) in [4.78, 5) is 26.9. The highest BCUT2D eigenvalue weighted by Crippen LogP contribution is 2.32. The lowest BCUT2D eigenvalue weighted by Crippen LogP contribution is -2.39. The van der Waals surface area contributed by atoms with E-state index >= 15 is 0 Å². The number of carbonyl (C=O) groups excluding carboxylic acids is 2. The van der Waals surface area contributed by atoms with Crippen molar-refractivity contribution < 1.29 is 9.59 Å². The molecule has 2 aromatic rings. The lowest BCUT2D eigenvalue weighted by Gasteiger charge is -2.21. The Bertz CT molecular complexity index is 891. The predicted octanol–water partition coefficient (Wildman–Crippen LogP) is 3.05. The van der Waals surface area contributed by atoms with Crippen molar-refractivity contribution in [3.63, 3.8) is 0 Å². The first-order valence-corrected chi connectivity index (χ1v) is 8.78. The second-order valence-electron chi connectivity index (χ2n) is 6.71. The van der Waals surface area contributed by atoms with Gasteiger partial charge in [-0.25, -0.2) is 4.90 Å². The average molecular weight is 348 g/mol. The zero-order chi connectivity index (χ0) is 18.3. The Hall–Kier alpha value is -3.02. The highest BCUT2D eigenvalue weighted by Gasteiger charge is 2.54. The average Bonchev–Trinajstić information content (AvgIpc) is 3.16. The molecule has 0 aromatic heterocycles. The molecule has 0 saturated carbocycles. The van der Waals surface area contributed by atoms with Gasteiger partial charge >= 0.3 is 0 Å². The Morgan fingerprint density at radius 3 is 2.46 bits per heavy atom. The van der Waals surface area contributed by atoms with Crippen LogP contribution in [0, 0.1) is 6.92 Å². The van der Waals surface area contributed by atoms with Gasteiger partial charge in [0.1, 0.15) is 0 Å². The quantitative estimate of drug-likeness (QED) is 0.798. The van der Waals surface area contributed by atoms with Gasteiger partial charge in [-0.1, -0.05) is 54.1 Å². The Labute approximate surface area is 152 Å². The van der Waals surface area contributed by atoms with E-state index in [2.05, 4.69) is 17.3 Å². The smallest absolute Gasteiger partial charge is 0.263 e. The Kier molecular flexibility index (Phi) is 4.03. The minimum atomic E-state index is -0.752. The summed E-state index contributed by atoms with van der Waals surface area (Å²) in [7, 11) is 0. The molecule has 2 heterocycles. The summed E-state index contributed by atoms with van der Waals surface area (Å²) in [5.74, 6) is -0.568. The zero-order valence-corrected chi connectivity index (χ0v) is 14.8. The summed E-state index contributed by atoms with van der Waals surface area (Å²) in [6.07, 6.45) is 0.909. The maximum absolute atomic E-state index is 13.0. The van der Waals surface area contributed by atoms with Gasteiger partial charge in [0.2, 0.25) is 0 Å². The Morgan fingerprint density at radius 2 is 1.77 bits per heavy atom. The number of aryl methyl sites for hydroxylation is 2. The van der Waals surface area contributed by atoms with E-state index in [-0.39, 0.29) is 11.8 Å². The molecule has 132 valence electrons. The van der Waals surface area contributed by atoms with Gasteiger partial charge in [0.15, 0.2) is 12.1 Å². The third-order valence-electron chi connectivity index (χ3n) is 4.89. The van der Waals surface area contributed by atoms with E-state index in [9.17, 15) is 9.59 Å². The molecule has 4 rings (SSSR count). The van der Waals surface area contributed by atoms with Crippen LogP contribution in [-0.4, -0.2) is 28.9 Å². The van der Waals surface area contributed by atoms with Gasteiger partial charge in [-0.2, -0.15) is 5.11 Å². The number of amides is 2. The van der Waals surface area contributed by atoms with Gasteiger partial charge in [-0.05, 0) is 36.6 Å². The molecule has 2 atom stereocenters. The molecule has 2 aliphatic rings. The molecular weight excluding hydrogens is 328 g/mol. The summed E-state index contributed by atoms with van der Waals surface area (Å²) < 4.78 is 0. The first-order valence-electron chi connectivity index (χ1n) is 8.78. The Balaban J connectivity index is 1.58. The number of hydrogen-bond donors (Lipinski definition) is 0. The van der Waals surface area contributed by atoms with Gasteiger partial charge in [-0.3, -0.25) is 14.6 Å². The molecule has 1 fully saturated rings. The molecule has 6 nitrogen and oxygen atoms in total. The molecule has 6 heteroatoms. The molecule has 2 aliphatic heterocycles. The molecular formula is C20H20N4O2. The molecule has 0 unspecified atom stereocenters. The topological polar surface area (TPSA) is 65.3 Å². The van der Waals surface area contributed by atoms with Crippen LogP contribution >= 0.6 is 0 Å². The minimum absolute atomic E-state index is 0.262. The molecule has 0 bridgehead atoms. The SMILES string of the molecule is CCc1ccc(N2C(=O)[C@@H]3[C@@H](N=NN3Cc3cccc(C)c3)C2=O)cc1. The number of fused-ring (bicyclic) bond motifs is 1. The van der Waals surface area contributed by atoms with Crippen LogP contribution in [-0.2, 0) is 22.6 Å². The first-order chi connectivity index (χ1) is 12.6. The molecule has 26 heavy (non-hydrogen) atoms. The number of carbonyl (C=O) groups is 2. The van der Waals surface area contributed by atoms with E-state index in [1.807, 2.05) is 55.5 Å². The van der Waals surface area contributed by atoms with Gasteiger partial charge in [0.05, 0.1) is 12.2 Å². The van der Waals surface area contributed by atoms with Gasteiger partial charge in [-0.15, -0.1) is 0 Å². The standard InChI is InChI=1S/C20H20N4O2/c1-3-14-7-9-16(10-8-14)24-19(25)17-18(20(24)26)23(22-21-17)12-15-6-4-5-13(2)11-15/h4-11,17-18H,3,12H2,1-2H3/t17-,18+/m1/s1. The first kappa shape index (κ1) is 16.4. The summed E-state index contributed by atoms with van der Waals surface area (Å²) >= 11 is 0. The van der Waals surface area contributed by atoms with E-state index in [0.717, 1.165) is 23.1 Å². The third kappa shape index (κ3) is 2.67. The van der Waals surface area contributed by atoms with Crippen molar-refractivity contribution in [1.82, 2.24) is 5.01 Å². The van der Waals surface area contributed by atoms with Crippen LogP contribution in [0.1, 0.15) is 23.6 Å². The molecule has 0 aliphatic carbocycles. The predicted molar refractivity (Wildman–Crippen MR) is 97.5 cm³/mol. The van der Waals surface area contributed by atoms with Crippen molar-refractivity contribution in [2.24, 2.45) is 10.3 Å². The third-order valence-corrected chi connectivity index (χ3v) is 4.89.